The van der Waals surface area contributed by atoms with Crippen LogP contribution in [0.2, 0.25) is 0 Å². The Bertz CT molecular complexity index is 405. The van der Waals surface area contributed by atoms with Gasteiger partial charge in [0.15, 0.2) is 0 Å². The lowest BCUT2D eigenvalue weighted by atomic mass is 9.93. The summed E-state index contributed by atoms with van der Waals surface area (Å²) >= 11 is 0. The maximum absolute atomic E-state index is 11.9. The van der Waals surface area contributed by atoms with Gasteiger partial charge in [0.2, 0.25) is 0 Å². The van der Waals surface area contributed by atoms with Crippen molar-refractivity contribution in [3.05, 3.63) is 28.4 Å². The SMILES string of the molecule is CC(C)(C)c1nccc(=O)n1C(C)(C)C. The lowest BCUT2D eigenvalue weighted by molar-refractivity contribution is 0.334. The van der Waals surface area contributed by atoms with E-state index in [1.807, 2.05) is 20.8 Å². The van der Waals surface area contributed by atoms with E-state index in [1.54, 1.807) is 10.8 Å². The summed E-state index contributed by atoms with van der Waals surface area (Å²) < 4.78 is 1.77. The van der Waals surface area contributed by atoms with Gasteiger partial charge >= 0.3 is 0 Å². The Morgan fingerprint density at radius 2 is 1.67 bits per heavy atom. The molecule has 1 aromatic heterocycles. The topological polar surface area (TPSA) is 34.9 Å². The van der Waals surface area contributed by atoms with Crippen LogP contribution in [0, 0.1) is 0 Å². The van der Waals surface area contributed by atoms with Gasteiger partial charge in [-0.25, -0.2) is 4.98 Å². The fraction of sp³-hybridized carbons (Fsp3) is 0.667. The normalized spacial score (nSPS) is 12.9. The minimum atomic E-state index is -0.228. The highest BCUT2D eigenvalue weighted by molar-refractivity contribution is 5.07. The van der Waals surface area contributed by atoms with E-state index in [1.165, 1.54) is 6.07 Å². The Morgan fingerprint density at radius 1 is 1.13 bits per heavy atom. The summed E-state index contributed by atoms with van der Waals surface area (Å²) in [5.74, 6) is 0.836. The van der Waals surface area contributed by atoms with E-state index in [-0.39, 0.29) is 16.5 Å². The zero-order valence-corrected chi connectivity index (χ0v) is 10.5. The molecule has 3 heteroatoms. The van der Waals surface area contributed by atoms with Gasteiger partial charge in [-0.05, 0) is 20.8 Å². The van der Waals surface area contributed by atoms with Crippen LogP contribution in [0.4, 0.5) is 0 Å². The Balaban J connectivity index is 3.55. The third-order valence-electron chi connectivity index (χ3n) is 2.19. The van der Waals surface area contributed by atoms with Crippen LogP contribution in [0.1, 0.15) is 47.4 Å². The quantitative estimate of drug-likeness (QED) is 0.655. The van der Waals surface area contributed by atoms with Crippen molar-refractivity contribution < 1.29 is 0 Å². The molecule has 0 N–H and O–H groups in total. The predicted octanol–water partition coefficient (Wildman–Crippen LogP) is 2.30. The molecule has 0 saturated carbocycles. The predicted molar refractivity (Wildman–Crippen MR) is 62.2 cm³/mol. The number of hydrogen-bond acceptors (Lipinski definition) is 2. The minimum absolute atomic E-state index is 0.0161. The van der Waals surface area contributed by atoms with Gasteiger partial charge in [0.05, 0.1) is 0 Å². The van der Waals surface area contributed by atoms with Crippen LogP contribution in [-0.2, 0) is 11.0 Å². The van der Waals surface area contributed by atoms with Crippen LogP contribution in [-0.4, -0.2) is 9.55 Å². The maximum atomic E-state index is 11.9. The Kier molecular flexibility index (Phi) is 2.77. The van der Waals surface area contributed by atoms with Crippen molar-refractivity contribution in [3.63, 3.8) is 0 Å². The largest absolute Gasteiger partial charge is 0.291 e. The lowest BCUT2D eigenvalue weighted by Crippen LogP contribution is -2.40. The molecular weight excluding hydrogens is 188 g/mol. The van der Waals surface area contributed by atoms with E-state index in [4.69, 9.17) is 0 Å². The molecule has 0 aliphatic heterocycles. The average molecular weight is 208 g/mol. The molecule has 1 heterocycles. The maximum Gasteiger partial charge on any atom is 0.253 e. The van der Waals surface area contributed by atoms with Crippen molar-refractivity contribution >= 4 is 0 Å². The molecule has 0 spiro atoms. The number of hydrogen-bond donors (Lipinski definition) is 0. The fourth-order valence-corrected chi connectivity index (χ4v) is 1.59. The Labute approximate surface area is 91.2 Å². The minimum Gasteiger partial charge on any atom is -0.291 e. The van der Waals surface area contributed by atoms with E-state index in [2.05, 4.69) is 25.8 Å². The van der Waals surface area contributed by atoms with Crippen molar-refractivity contribution in [1.82, 2.24) is 9.55 Å². The van der Waals surface area contributed by atoms with Crippen molar-refractivity contribution in [1.29, 1.82) is 0 Å². The first-order chi connectivity index (χ1) is 6.64. The first-order valence-electron chi connectivity index (χ1n) is 5.23. The van der Waals surface area contributed by atoms with Crippen LogP contribution in [0.25, 0.3) is 0 Å². The van der Waals surface area contributed by atoms with Crippen LogP contribution in [0.3, 0.4) is 0 Å². The van der Waals surface area contributed by atoms with Gasteiger partial charge in [0, 0.05) is 23.2 Å². The smallest absolute Gasteiger partial charge is 0.253 e. The van der Waals surface area contributed by atoms with Crippen LogP contribution < -0.4 is 5.56 Å². The molecule has 0 aromatic carbocycles. The molecule has 0 fully saturated rings. The summed E-state index contributed by atoms with van der Waals surface area (Å²) in [6, 6.07) is 1.51. The molecule has 0 aliphatic rings. The molecule has 0 bridgehead atoms. The first-order valence-corrected chi connectivity index (χ1v) is 5.23. The first kappa shape index (κ1) is 12.0. The molecule has 3 nitrogen and oxygen atoms in total. The van der Waals surface area contributed by atoms with Gasteiger partial charge in [-0.1, -0.05) is 20.8 Å². The highest BCUT2D eigenvalue weighted by Crippen LogP contribution is 2.23. The van der Waals surface area contributed by atoms with Crippen LogP contribution >= 0.6 is 0 Å². The molecule has 0 saturated heterocycles. The summed E-state index contributed by atoms with van der Waals surface area (Å²) in [6.07, 6.45) is 1.59. The Morgan fingerprint density at radius 3 is 2.00 bits per heavy atom. The zero-order chi connectivity index (χ0) is 11.9. The van der Waals surface area contributed by atoms with E-state index in [9.17, 15) is 4.79 Å². The highest BCUT2D eigenvalue weighted by atomic mass is 16.1. The molecule has 1 rings (SSSR count). The van der Waals surface area contributed by atoms with E-state index in [0.717, 1.165) is 5.82 Å². The van der Waals surface area contributed by atoms with Crippen molar-refractivity contribution in [2.75, 3.05) is 0 Å². The van der Waals surface area contributed by atoms with Gasteiger partial charge in [-0.2, -0.15) is 0 Å². The summed E-state index contributed by atoms with van der Waals surface area (Å²) in [7, 11) is 0. The van der Waals surface area contributed by atoms with Gasteiger partial charge in [0.25, 0.3) is 5.56 Å². The van der Waals surface area contributed by atoms with Crippen molar-refractivity contribution in [2.45, 2.75) is 52.5 Å². The van der Waals surface area contributed by atoms with Crippen molar-refractivity contribution in [2.24, 2.45) is 0 Å². The van der Waals surface area contributed by atoms with Crippen molar-refractivity contribution in [3.8, 4) is 0 Å². The Hall–Kier alpha value is -1.12. The van der Waals surface area contributed by atoms with E-state index < -0.39 is 0 Å². The van der Waals surface area contributed by atoms with Gasteiger partial charge < -0.3 is 0 Å². The molecule has 15 heavy (non-hydrogen) atoms. The number of rotatable bonds is 0. The second-order valence-electron chi connectivity index (χ2n) is 5.86. The third-order valence-corrected chi connectivity index (χ3v) is 2.19. The molecule has 84 valence electrons. The monoisotopic (exact) mass is 208 g/mol. The third kappa shape index (κ3) is 2.46. The molecule has 1 aromatic rings. The summed E-state index contributed by atoms with van der Waals surface area (Å²) in [5.41, 5.74) is -0.329. The molecule has 0 aliphatic carbocycles. The summed E-state index contributed by atoms with van der Waals surface area (Å²) in [5, 5.41) is 0. The van der Waals surface area contributed by atoms with Gasteiger partial charge in [-0.3, -0.25) is 9.36 Å². The average Bonchev–Trinajstić information content (AvgIpc) is 1.99. The second kappa shape index (κ2) is 3.47. The molecule has 0 atom stereocenters. The van der Waals surface area contributed by atoms with E-state index >= 15 is 0 Å². The van der Waals surface area contributed by atoms with Gasteiger partial charge in [-0.15, -0.1) is 0 Å². The standard InChI is InChI=1S/C12H20N2O/c1-11(2,3)10-13-8-7-9(15)14(10)12(4,5)6/h7-8H,1-6H3. The second-order valence-corrected chi connectivity index (χ2v) is 5.86. The fourth-order valence-electron chi connectivity index (χ4n) is 1.59. The lowest BCUT2D eigenvalue weighted by Gasteiger charge is -2.30. The summed E-state index contributed by atoms with van der Waals surface area (Å²) in [4.78, 5) is 16.2. The molecule has 0 unspecified atom stereocenters. The number of aromatic nitrogens is 2. The van der Waals surface area contributed by atoms with Gasteiger partial charge in [0.1, 0.15) is 5.82 Å². The van der Waals surface area contributed by atoms with Crippen LogP contribution in [0.15, 0.2) is 17.1 Å². The number of nitrogens with zero attached hydrogens (tertiary/aromatic N) is 2. The molecular formula is C12H20N2O. The molecule has 0 radical (unpaired) electrons. The molecule has 0 amide bonds. The summed E-state index contributed by atoms with van der Waals surface area (Å²) in [6.45, 7) is 12.3. The zero-order valence-electron chi connectivity index (χ0n) is 10.5. The van der Waals surface area contributed by atoms with Crippen LogP contribution in [0.5, 0.6) is 0 Å². The highest BCUT2D eigenvalue weighted by Gasteiger charge is 2.26. The van der Waals surface area contributed by atoms with E-state index in [0.29, 0.717) is 0 Å².